The maximum absolute atomic E-state index is 12.3. The van der Waals surface area contributed by atoms with Crippen LogP contribution in [0.4, 0.5) is 27.7 Å². The third-order valence-electron chi connectivity index (χ3n) is 6.20. The maximum Gasteiger partial charge on any atom is 0.410 e. The van der Waals surface area contributed by atoms with Crippen molar-refractivity contribution in [2.45, 2.75) is 39.8 Å². The summed E-state index contributed by atoms with van der Waals surface area (Å²) >= 11 is 0. The second kappa shape index (κ2) is 12.1. The first-order valence-electron chi connectivity index (χ1n) is 13.1. The Bertz CT molecular complexity index is 1380. The second-order valence-corrected chi connectivity index (χ2v) is 10.6. The molecule has 3 aromatic rings. The highest BCUT2D eigenvalue weighted by molar-refractivity contribution is 5.89. The topological polar surface area (TPSA) is 130 Å². The molecule has 1 saturated heterocycles. The molecule has 210 valence electrons. The third-order valence-corrected chi connectivity index (χ3v) is 6.20. The fraction of sp³-hybridized carbons (Fsp3) is 0.345. The molecule has 40 heavy (non-hydrogen) atoms. The summed E-state index contributed by atoms with van der Waals surface area (Å²) in [6.07, 6.45) is -0.283. The monoisotopic (exact) mass is 546 g/mol. The summed E-state index contributed by atoms with van der Waals surface area (Å²) < 4.78 is 5.47. The van der Waals surface area contributed by atoms with E-state index >= 15 is 0 Å². The zero-order valence-electron chi connectivity index (χ0n) is 23.1. The number of carbonyl (C=O) groups is 2. The van der Waals surface area contributed by atoms with Gasteiger partial charge in [0.25, 0.3) is 0 Å². The number of nitro groups is 1. The van der Waals surface area contributed by atoms with Crippen LogP contribution in [0.3, 0.4) is 0 Å². The van der Waals surface area contributed by atoms with E-state index in [9.17, 15) is 19.7 Å². The van der Waals surface area contributed by atoms with Crippen molar-refractivity contribution in [3.05, 3.63) is 76.3 Å². The third kappa shape index (κ3) is 7.76. The van der Waals surface area contributed by atoms with Crippen LogP contribution in [0, 0.1) is 10.1 Å². The fourth-order valence-corrected chi connectivity index (χ4v) is 4.31. The number of nitrogens with one attached hydrogen (secondary N) is 2. The summed E-state index contributed by atoms with van der Waals surface area (Å²) in [7, 11) is 0. The van der Waals surface area contributed by atoms with Gasteiger partial charge < -0.3 is 20.3 Å². The van der Waals surface area contributed by atoms with Crippen molar-refractivity contribution in [1.82, 2.24) is 14.8 Å². The molecule has 4 rings (SSSR count). The molecule has 2 amide bonds. The molecule has 0 saturated carbocycles. The quantitative estimate of drug-likeness (QED) is 0.297. The first kappa shape index (κ1) is 28.5. The average molecular weight is 547 g/mol. The molecule has 0 radical (unpaired) electrons. The molecule has 11 heteroatoms. The number of ether oxygens (including phenoxy) is 1. The normalized spacial score (nSPS) is 13.9. The second-order valence-electron chi connectivity index (χ2n) is 10.6. The lowest BCUT2D eigenvalue weighted by Crippen LogP contribution is -2.49. The minimum absolute atomic E-state index is 0.124. The Labute approximate surface area is 233 Å². The van der Waals surface area contributed by atoms with Crippen molar-refractivity contribution < 1.29 is 19.2 Å². The van der Waals surface area contributed by atoms with Gasteiger partial charge in [-0.1, -0.05) is 24.3 Å². The molecule has 0 spiro atoms. The number of rotatable bonds is 7. The predicted octanol–water partition coefficient (Wildman–Crippen LogP) is 5.41. The van der Waals surface area contributed by atoms with E-state index in [2.05, 4.69) is 20.5 Å². The molecule has 2 N–H and O–H groups in total. The van der Waals surface area contributed by atoms with Crippen molar-refractivity contribution in [2.24, 2.45) is 0 Å². The van der Waals surface area contributed by atoms with Gasteiger partial charge in [-0.15, -0.1) is 0 Å². The minimum Gasteiger partial charge on any atom is -0.444 e. The van der Waals surface area contributed by atoms with Crippen LogP contribution in [-0.4, -0.2) is 63.5 Å². The van der Waals surface area contributed by atoms with Gasteiger partial charge in [0.1, 0.15) is 5.60 Å². The van der Waals surface area contributed by atoms with Gasteiger partial charge in [0, 0.05) is 62.7 Å². The van der Waals surface area contributed by atoms with E-state index in [0.717, 1.165) is 25.2 Å². The van der Waals surface area contributed by atoms with E-state index in [4.69, 9.17) is 4.74 Å². The molecule has 11 nitrogen and oxygen atoms in total. The number of aromatic nitrogens is 1. The number of hydrogen-bond acceptors (Lipinski definition) is 8. The van der Waals surface area contributed by atoms with Gasteiger partial charge in [0.2, 0.25) is 11.7 Å². The zero-order valence-corrected chi connectivity index (χ0v) is 23.1. The molecule has 1 aliphatic heterocycles. The van der Waals surface area contributed by atoms with Crippen LogP contribution >= 0.6 is 0 Å². The number of benzene rings is 2. The van der Waals surface area contributed by atoms with Gasteiger partial charge in [-0.3, -0.25) is 19.8 Å². The van der Waals surface area contributed by atoms with E-state index in [0.29, 0.717) is 35.7 Å². The SMILES string of the molecule is CC(=O)Nc1cccc(-c2ccc([N+](=O)[O-])c(Nc3ccc(CN4CCN(C(=O)OC(C)(C)C)CC4)cc3)n2)c1. The number of anilines is 3. The lowest BCUT2D eigenvalue weighted by molar-refractivity contribution is -0.384. The standard InChI is InChI=1S/C29H34N6O5/c1-20(36)30-24-7-5-6-22(18-24)25-12-13-26(35(38)39)27(32-25)31-23-10-8-21(9-11-23)19-33-14-16-34(17-15-33)28(37)40-29(2,3)4/h5-13,18H,14-17,19H2,1-4H3,(H,30,36)(H,31,32). The molecular weight excluding hydrogens is 512 g/mol. The van der Waals surface area contributed by atoms with Crippen LogP contribution in [0.2, 0.25) is 0 Å². The summed E-state index contributed by atoms with van der Waals surface area (Å²) in [6, 6.07) is 17.8. The van der Waals surface area contributed by atoms with Gasteiger partial charge in [-0.25, -0.2) is 9.78 Å². The largest absolute Gasteiger partial charge is 0.444 e. The molecule has 2 aromatic carbocycles. The molecule has 0 bridgehead atoms. The summed E-state index contributed by atoms with van der Waals surface area (Å²) in [5.74, 6) is -0.0684. The van der Waals surface area contributed by atoms with Gasteiger partial charge in [-0.2, -0.15) is 0 Å². The summed E-state index contributed by atoms with van der Waals surface area (Å²) in [5.41, 5.74) is 2.95. The number of hydrogen-bond donors (Lipinski definition) is 2. The Balaban J connectivity index is 1.41. The van der Waals surface area contributed by atoms with E-state index < -0.39 is 10.5 Å². The number of piperazine rings is 1. The van der Waals surface area contributed by atoms with Crippen LogP contribution in [-0.2, 0) is 16.1 Å². The Hall–Kier alpha value is -4.51. The van der Waals surface area contributed by atoms with Gasteiger partial charge in [-0.05, 0) is 56.7 Å². The first-order valence-corrected chi connectivity index (χ1v) is 13.1. The Morgan fingerprint density at radius 1 is 1.00 bits per heavy atom. The Morgan fingerprint density at radius 3 is 2.33 bits per heavy atom. The van der Waals surface area contributed by atoms with Crippen molar-refractivity contribution in [3.63, 3.8) is 0 Å². The number of nitrogens with zero attached hydrogens (tertiary/aromatic N) is 4. The van der Waals surface area contributed by atoms with Crippen molar-refractivity contribution in [1.29, 1.82) is 0 Å². The van der Waals surface area contributed by atoms with Crippen LogP contribution in [0.5, 0.6) is 0 Å². The summed E-state index contributed by atoms with van der Waals surface area (Å²) in [4.78, 5) is 43.5. The van der Waals surface area contributed by atoms with Crippen LogP contribution in [0.1, 0.15) is 33.3 Å². The smallest absolute Gasteiger partial charge is 0.410 e. The van der Waals surface area contributed by atoms with Crippen molar-refractivity contribution >= 4 is 34.9 Å². The first-order chi connectivity index (χ1) is 19.0. The van der Waals surface area contributed by atoms with Crippen molar-refractivity contribution in [2.75, 3.05) is 36.8 Å². The average Bonchev–Trinajstić information content (AvgIpc) is 2.89. The van der Waals surface area contributed by atoms with Gasteiger partial charge in [0.15, 0.2) is 0 Å². The fourth-order valence-electron chi connectivity index (χ4n) is 4.31. The lowest BCUT2D eigenvalue weighted by atomic mass is 10.1. The predicted molar refractivity (Wildman–Crippen MR) is 153 cm³/mol. The number of amides is 2. The van der Waals surface area contributed by atoms with Crippen LogP contribution in [0.15, 0.2) is 60.7 Å². The maximum atomic E-state index is 12.3. The summed E-state index contributed by atoms with van der Waals surface area (Å²) in [5, 5.41) is 17.5. The highest BCUT2D eigenvalue weighted by atomic mass is 16.6. The van der Waals surface area contributed by atoms with E-state index in [-0.39, 0.29) is 23.5 Å². The highest BCUT2D eigenvalue weighted by Crippen LogP contribution is 2.30. The Morgan fingerprint density at radius 2 is 1.70 bits per heavy atom. The number of carbonyl (C=O) groups excluding carboxylic acids is 2. The number of pyridine rings is 1. The van der Waals surface area contributed by atoms with Crippen molar-refractivity contribution in [3.8, 4) is 11.3 Å². The van der Waals surface area contributed by atoms with E-state index in [1.165, 1.54) is 13.0 Å². The molecule has 1 fully saturated rings. The highest BCUT2D eigenvalue weighted by Gasteiger charge is 2.26. The molecule has 1 aliphatic rings. The van der Waals surface area contributed by atoms with Gasteiger partial charge in [0.05, 0.1) is 10.6 Å². The van der Waals surface area contributed by atoms with E-state index in [1.54, 1.807) is 29.2 Å². The molecule has 2 heterocycles. The molecular formula is C29H34N6O5. The molecule has 0 aliphatic carbocycles. The van der Waals surface area contributed by atoms with Gasteiger partial charge >= 0.3 is 11.8 Å². The minimum atomic E-state index is -0.514. The molecule has 0 unspecified atom stereocenters. The van der Waals surface area contributed by atoms with Crippen LogP contribution < -0.4 is 10.6 Å². The van der Waals surface area contributed by atoms with E-state index in [1.807, 2.05) is 51.1 Å². The molecule has 1 aromatic heterocycles. The lowest BCUT2D eigenvalue weighted by Gasteiger charge is -2.35. The molecule has 0 atom stereocenters. The van der Waals surface area contributed by atoms with Crippen LogP contribution in [0.25, 0.3) is 11.3 Å². The zero-order chi connectivity index (χ0) is 28.9. The summed E-state index contributed by atoms with van der Waals surface area (Å²) in [6.45, 7) is 10.4. The Kier molecular flexibility index (Phi) is 8.64.